The molecule has 2 N–H and O–H groups in total. The number of fused-ring (bicyclic) bond motifs is 1. The van der Waals surface area contributed by atoms with E-state index in [4.69, 9.17) is 17.2 Å². The number of nitrogens with one attached hydrogen (secondary N) is 2. The van der Waals surface area contributed by atoms with Crippen molar-refractivity contribution in [3.05, 3.63) is 88.9 Å². The summed E-state index contributed by atoms with van der Waals surface area (Å²) >= 11 is 7.16. The maximum atomic E-state index is 5.41. The number of thiocarbonyl (C=S) groups is 1. The average molecular weight is 390 g/mol. The van der Waals surface area contributed by atoms with Crippen LogP contribution in [0.15, 0.2) is 72.8 Å². The van der Waals surface area contributed by atoms with Crippen LogP contribution in [0.5, 0.6) is 0 Å². The van der Waals surface area contributed by atoms with Crippen molar-refractivity contribution in [1.82, 2.24) is 4.98 Å². The fraction of sp³-hybridized carbons (Fsp3) is 0.0909. The maximum absolute atomic E-state index is 5.41. The van der Waals surface area contributed by atoms with Gasteiger partial charge in [0.25, 0.3) is 0 Å². The first-order chi connectivity index (χ1) is 13.2. The number of hydrogen-bond acceptors (Lipinski definition) is 3. The van der Waals surface area contributed by atoms with Gasteiger partial charge in [-0.25, -0.2) is 4.98 Å². The van der Waals surface area contributed by atoms with Crippen molar-refractivity contribution in [2.75, 3.05) is 10.6 Å². The van der Waals surface area contributed by atoms with Crippen molar-refractivity contribution in [1.29, 1.82) is 0 Å². The van der Waals surface area contributed by atoms with Gasteiger partial charge in [0.15, 0.2) is 5.11 Å². The number of nitrogens with zero attached hydrogens (tertiary/aromatic N) is 1. The van der Waals surface area contributed by atoms with E-state index >= 15 is 0 Å². The summed E-state index contributed by atoms with van der Waals surface area (Å²) < 4.78 is 1.23. The summed E-state index contributed by atoms with van der Waals surface area (Å²) in [4.78, 5) is 4.70. The van der Waals surface area contributed by atoms with Gasteiger partial charge in [-0.15, -0.1) is 11.3 Å². The molecule has 1 heterocycles. The van der Waals surface area contributed by atoms with Crippen LogP contribution in [0.4, 0.5) is 11.4 Å². The van der Waals surface area contributed by atoms with E-state index in [1.54, 1.807) is 11.3 Å². The molecule has 5 heteroatoms. The maximum Gasteiger partial charge on any atom is 0.175 e. The Kier molecular flexibility index (Phi) is 5.14. The number of rotatable bonds is 4. The summed E-state index contributed by atoms with van der Waals surface area (Å²) in [6, 6.07) is 24.7. The molecule has 0 saturated heterocycles. The third kappa shape index (κ3) is 4.51. The molecule has 0 bridgehead atoms. The van der Waals surface area contributed by atoms with E-state index in [1.165, 1.54) is 15.8 Å². The van der Waals surface area contributed by atoms with Crippen molar-refractivity contribution >= 4 is 50.3 Å². The van der Waals surface area contributed by atoms with Crippen LogP contribution >= 0.6 is 23.6 Å². The lowest BCUT2D eigenvalue weighted by Crippen LogP contribution is -2.19. The fourth-order valence-corrected chi connectivity index (χ4v) is 4.13. The van der Waals surface area contributed by atoms with Gasteiger partial charge in [-0.05, 0) is 66.7 Å². The van der Waals surface area contributed by atoms with Crippen molar-refractivity contribution in [3.63, 3.8) is 0 Å². The highest BCUT2D eigenvalue weighted by Crippen LogP contribution is 2.24. The van der Waals surface area contributed by atoms with E-state index < -0.39 is 0 Å². The first-order valence-electron chi connectivity index (χ1n) is 8.74. The van der Waals surface area contributed by atoms with E-state index in [2.05, 4.69) is 60.0 Å². The zero-order chi connectivity index (χ0) is 18.6. The second-order valence-electron chi connectivity index (χ2n) is 6.40. The lowest BCUT2D eigenvalue weighted by atomic mass is 10.1. The molecule has 134 valence electrons. The molecule has 0 fully saturated rings. The normalized spacial score (nSPS) is 10.7. The van der Waals surface area contributed by atoms with Gasteiger partial charge in [0.05, 0.1) is 15.2 Å². The highest BCUT2D eigenvalue weighted by Gasteiger charge is 2.05. The number of aromatic nitrogens is 1. The summed E-state index contributed by atoms with van der Waals surface area (Å²) in [5, 5.41) is 8.16. The van der Waals surface area contributed by atoms with Crippen LogP contribution in [-0.2, 0) is 6.42 Å². The number of benzene rings is 3. The van der Waals surface area contributed by atoms with Crippen LogP contribution in [0.3, 0.4) is 0 Å². The predicted octanol–water partition coefficient (Wildman–Crippen LogP) is 6.00. The van der Waals surface area contributed by atoms with Crippen molar-refractivity contribution in [2.24, 2.45) is 0 Å². The molecule has 3 nitrogen and oxygen atoms in total. The van der Waals surface area contributed by atoms with Gasteiger partial charge in [-0.2, -0.15) is 0 Å². The van der Waals surface area contributed by atoms with Crippen LogP contribution in [0.25, 0.3) is 10.2 Å². The number of thiazole rings is 1. The van der Waals surface area contributed by atoms with E-state index in [1.807, 2.05) is 30.3 Å². The quantitative estimate of drug-likeness (QED) is 0.420. The third-order valence-corrected chi connectivity index (χ3v) is 5.42. The van der Waals surface area contributed by atoms with Gasteiger partial charge in [-0.3, -0.25) is 0 Å². The van der Waals surface area contributed by atoms with Gasteiger partial charge in [0, 0.05) is 17.8 Å². The van der Waals surface area contributed by atoms with E-state index in [-0.39, 0.29) is 0 Å². The molecule has 0 aliphatic carbocycles. The van der Waals surface area contributed by atoms with Crippen LogP contribution in [0, 0.1) is 6.92 Å². The van der Waals surface area contributed by atoms with E-state index in [9.17, 15) is 0 Å². The Morgan fingerprint density at radius 3 is 2.48 bits per heavy atom. The fourth-order valence-electron chi connectivity index (χ4n) is 2.89. The Labute approximate surface area is 168 Å². The predicted molar refractivity (Wildman–Crippen MR) is 120 cm³/mol. The first-order valence-corrected chi connectivity index (χ1v) is 9.96. The Balaban J connectivity index is 1.39. The summed E-state index contributed by atoms with van der Waals surface area (Å²) in [6.07, 6.45) is 0.839. The number of hydrogen-bond donors (Lipinski definition) is 2. The molecule has 3 aromatic carbocycles. The topological polar surface area (TPSA) is 37.0 Å². The van der Waals surface area contributed by atoms with E-state index in [0.29, 0.717) is 5.11 Å². The van der Waals surface area contributed by atoms with Gasteiger partial charge in [-0.1, -0.05) is 36.4 Å². The third-order valence-electron chi connectivity index (χ3n) is 4.18. The van der Waals surface area contributed by atoms with Gasteiger partial charge in [0.2, 0.25) is 0 Å². The van der Waals surface area contributed by atoms with E-state index in [0.717, 1.165) is 28.3 Å². The Morgan fingerprint density at radius 2 is 1.70 bits per heavy atom. The van der Waals surface area contributed by atoms with Gasteiger partial charge >= 0.3 is 0 Å². The molecule has 0 unspecified atom stereocenters. The minimum Gasteiger partial charge on any atom is -0.332 e. The molecule has 0 spiro atoms. The molecular formula is C22H19N3S2. The van der Waals surface area contributed by atoms with Crippen molar-refractivity contribution < 1.29 is 0 Å². The smallest absolute Gasteiger partial charge is 0.175 e. The molecule has 1 aromatic heterocycles. The summed E-state index contributed by atoms with van der Waals surface area (Å²) in [6.45, 7) is 2.06. The monoisotopic (exact) mass is 389 g/mol. The molecule has 0 radical (unpaired) electrons. The second kappa shape index (κ2) is 7.86. The molecule has 27 heavy (non-hydrogen) atoms. The molecule has 0 aliphatic rings. The summed E-state index contributed by atoms with van der Waals surface area (Å²) in [5.41, 5.74) is 5.45. The molecular weight excluding hydrogens is 370 g/mol. The van der Waals surface area contributed by atoms with Crippen molar-refractivity contribution in [3.8, 4) is 0 Å². The molecule has 0 atom stereocenters. The number of anilines is 2. The summed E-state index contributed by atoms with van der Waals surface area (Å²) in [5.74, 6) is 0. The van der Waals surface area contributed by atoms with Gasteiger partial charge < -0.3 is 10.6 Å². The number of aryl methyl sites for hydroxylation is 1. The number of para-hydroxylation sites is 1. The lowest BCUT2D eigenvalue weighted by Gasteiger charge is -2.11. The average Bonchev–Trinajstić information content (AvgIpc) is 3.05. The molecule has 0 amide bonds. The largest absolute Gasteiger partial charge is 0.332 e. The zero-order valence-electron chi connectivity index (χ0n) is 14.9. The lowest BCUT2D eigenvalue weighted by molar-refractivity contribution is 1.16. The summed E-state index contributed by atoms with van der Waals surface area (Å²) in [7, 11) is 0. The molecule has 4 aromatic rings. The van der Waals surface area contributed by atoms with Crippen LogP contribution < -0.4 is 10.6 Å². The molecule has 0 saturated carbocycles. The standard InChI is InChI=1S/C22H19N3S2/c1-15-5-4-6-18(13-15)24-22(26)23-17-11-9-16(10-12-17)14-21-25-19-7-2-3-8-20(19)27-21/h2-13H,14H2,1H3,(H2,23,24,26). The minimum atomic E-state index is 0.583. The SMILES string of the molecule is Cc1cccc(NC(=S)Nc2ccc(Cc3nc4ccccc4s3)cc2)c1. The Hall–Kier alpha value is -2.76. The first kappa shape index (κ1) is 17.6. The molecule has 0 aliphatic heterocycles. The Bertz CT molecular complexity index is 1050. The minimum absolute atomic E-state index is 0.583. The molecule has 4 rings (SSSR count). The second-order valence-corrected chi connectivity index (χ2v) is 7.92. The zero-order valence-corrected chi connectivity index (χ0v) is 16.5. The van der Waals surface area contributed by atoms with Gasteiger partial charge in [0.1, 0.15) is 0 Å². The highest BCUT2D eigenvalue weighted by atomic mass is 32.1. The van der Waals surface area contributed by atoms with Crippen LogP contribution in [0.2, 0.25) is 0 Å². The van der Waals surface area contributed by atoms with Crippen LogP contribution in [-0.4, -0.2) is 10.1 Å². The Morgan fingerprint density at radius 1 is 0.926 bits per heavy atom. The highest BCUT2D eigenvalue weighted by molar-refractivity contribution is 7.80. The van der Waals surface area contributed by atoms with Crippen molar-refractivity contribution in [2.45, 2.75) is 13.3 Å². The van der Waals surface area contributed by atoms with Crippen LogP contribution in [0.1, 0.15) is 16.1 Å².